The first-order valence-electron chi connectivity index (χ1n) is 8.65. The molecule has 1 fully saturated rings. The van der Waals surface area contributed by atoms with Crippen LogP contribution in [0.15, 0.2) is 18.6 Å². The molecule has 132 valence electrons. The number of hydrogen-bond acceptors (Lipinski definition) is 5. The Morgan fingerprint density at radius 2 is 2.12 bits per heavy atom. The Balaban J connectivity index is 1.62. The van der Waals surface area contributed by atoms with E-state index in [1.54, 1.807) is 10.9 Å². The molecule has 1 saturated heterocycles. The molecule has 1 N–H and O–H groups in total. The third-order valence-electron chi connectivity index (χ3n) is 4.70. The van der Waals surface area contributed by atoms with Crippen LogP contribution in [0.3, 0.4) is 0 Å². The topological polar surface area (TPSA) is 72.0 Å². The maximum absolute atomic E-state index is 10.5. The van der Waals surface area contributed by atoms with E-state index in [4.69, 9.17) is 0 Å². The molecule has 7 nitrogen and oxygen atoms in total. The molecule has 2 aromatic heterocycles. The number of aromatic nitrogens is 5. The molecule has 2 atom stereocenters. The minimum atomic E-state index is -0.463. The molecule has 7 heteroatoms. The molecule has 0 aliphatic carbocycles. The minimum absolute atomic E-state index is 0.0494. The molecule has 0 saturated carbocycles. The second kappa shape index (κ2) is 6.64. The van der Waals surface area contributed by atoms with Crippen molar-refractivity contribution < 1.29 is 5.11 Å². The summed E-state index contributed by atoms with van der Waals surface area (Å²) in [6.45, 7) is 8.20. The van der Waals surface area contributed by atoms with Crippen LogP contribution >= 0.6 is 0 Å². The molecule has 0 spiro atoms. The van der Waals surface area contributed by atoms with E-state index in [0.717, 1.165) is 43.6 Å². The van der Waals surface area contributed by atoms with E-state index >= 15 is 0 Å². The number of aliphatic hydroxyl groups is 1. The van der Waals surface area contributed by atoms with Gasteiger partial charge in [0.1, 0.15) is 0 Å². The highest BCUT2D eigenvalue weighted by Gasteiger charge is 2.28. The molecule has 0 radical (unpaired) electrons. The Bertz CT molecular complexity index is 671. The van der Waals surface area contributed by atoms with Gasteiger partial charge in [0.05, 0.1) is 29.7 Å². The van der Waals surface area contributed by atoms with Crippen molar-refractivity contribution in [1.29, 1.82) is 0 Å². The van der Waals surface area contributed by atoms with Crippen molar-refractivity contribution >= 4 is 0 Å². The molecule has 0 unspecified atom stereocenters. The van der Waals surface area contributed by atoms with Crippen LogP contribution in [-0.2, 0) is 19.1 Å². The van der Waals surface area contributed by atoms with Crippen LogP contribution in [0.2, 0.25) is 0 Å². The summed E-state index contributed by atoms with van der Waals surface area (Å²) in [6.07, 6.45) is 8.22. The van der Waals surface area contributed by atoms with Gasteiger partial charge >= 0.3 is 0 Å². The minimum Gasteiger partial charge on any atom is -0.388 e. The highest BCUT2D eigenvalue weighted by molar-refractivity contribution is 5.08. The standard InChI is InChI=1S/C17H28N6O/c1-17(2,3)23-12-14(19-20-23)11-22-7-5-6-15(22)8-16(24)13-9-18-21(4)10-13/h9-10,12,15-16,24H,5-8,11H2,1-4H3/t15-,16-/m0/s1. The number of aryl methyl sites for hydroxylation is 1. The van der Waals surface area contributed by atoms with Gasteiger partial charge in [0.15, 0.2) is 0 Å². The highest BCUT2D eigenvalue weighted by Crippen LogP contribution is 2.28. The summed E-state index contributed by atoms with van der Waals surface area (Å²) in [5.41, 5.74) is 1.84. The maximum atomic E-state index is 10.5. The summed E-state index contributed by atoms with van der Waals surface area (Å²) in [5.74, 6) is 0. The lowest BCUT2D eigenvalue weighted by molar-refractivity contribution is 0.117. The number of likely N-dealkylation sites (tertiary alicyclic amines) is 1. The summed E-state index contributed by atoms with van der Waals surface area (Å²) >= 11 is 0. The fourth-order valence-electron chi connectivity index (χ4n) is 3.28. The van der Waals surface area contributed by atoms with Crippen LogP contribution in [-0.4, -0.2) is 47.4 Å². The molecule has 0 amide bonds. The normalized spacial score (nSPS) is 20.6. The van der Waals surface area contributed by atoms with Gasteiger partial charge in [-0.15, -0.1) is 5.10 Å². The van der Waals surface area contributed by atoms with Crippen molar-refractivity contribution in [3.63, 3.8) is 0 Å². The van der Waals surface area contributed by atoms with E-state index in [0.29, 0.717) is 6.04 Å². The Hall–Kier alpha value is -1.73. The van der Waals surface area contributed by atoms with Gasteiger partial charge in [-0.05, 0) is 46.6 Å². The van der Waals surface area contributed by atoms with Gasteiger partial charge in [0, 0.05) is 31.4 Å². The highest BCUT2D eigenvalue weighted by atomic mass is 16.3. The van der Waals surface area contributed by atoms with E-state index in [2.05, 4.69) is 41.1 Å². The average molecular weight is 332 g/mol. The lowest BCUT2D eigenvalue weighted by Crippen LogP contribution is -2.30. The SMILES string of the molecule is Cn1cc([C@@H](O)C[C@@H]2CCCN2Cc2cn(C(C)(C)C)nn2)cn1. The number of nitrogens with zero attached hydrogens (tertiary/aromatic N) is 6. The number of rotatable bonds is 5. The maximum Gasteiger partial charge on any atom is 0.0967 e. The van der Waals surface area contributed by atoms with Gasteiger partial charge in [-0.2, -0.15) is 5.10 Å². The van der Waals surface area contributed by atoms with E-state index < -0.39 is 6.10 Å². The van der Waals surface area contributed by atoms with Gasteiger partial charge in [0.25, 0.3) is 0 Å². The predicted octanol–water partition coefficient (Wildman–Crippen LogP) is 1.85. The summed E-state index contributed by atoms with van der Waals surface area (Å²) in [6, 6.07) is 0.375. The first-order chi connectivity index (χ1) is 11.3. The summed E-state index contributed by atoms with van der Waals surface area (Å²) in [4.78, 5) is 2.41. The third kappa shape index (κ3) is 3.84. The Kier molecular flexibility index (Phi) is 4.73. The fraction of sp³-hybridized carbons (Fsp3) is 0.706. The van der Waals surface area contributed by atoms with Crippen LogP contribution in [0.4, 0.5) is 0 Å². The Labute approximate surface area is 143 Å². The van der Waals surface area contributed by atoms with E-state index in [9.17, 15) is 5.11 Å². The summed E-state index contributed by atoms with van der Waals surface area (Å²) in [7, 11) is 1.87. The van der Waals surface area contributed by atoms with Gasteiger partial charge in [-0.3, -0.25) is 9.58 Å². The first-order valence-corrected chi connectivity index (χ1v) is 8.65. The van der Waals surface area contributed by atoms with Crippen molar-refractivity contribution in [3.8, 4) is 0 Å². The lowest BCUT2D eigenvalue weighted by Gasteiger charge is -2.25. The van der Waals surface area contributed by atoms with Crippen LogP contribution in [0.1, 0.15) is 57.4 Å². The molecular weight excluding hydrogens is 304 g/mol. The lowest BCUT2D eigenvalue weighted by atomic mass is 10.0. The molecule has 3 rings (SSSR count). The van der Waals surface area contributed by atoms with Gasteiger partial charge in [0.2, 0.25) is 0 Å². The van der Waals surface area contributed by atoms with Crippen molar-refractivity contribution in [1.82, 2.24) is 29.7 Å². The Morgan fingerprint density at radius 1 is 1.33 bits per heavy atom. The summed E-state index contributed by atoms with van der Waals surface area (Å²) < 4.78 is 3.65. The summed E-state index contributed by atoms with van der Waals surface area (Å²) in [5, 5.41) is 23.2. The molecule has 24 heavy (non-hydrogen) atoms. The smallest absolute Gasteiger partial charge is 0.0967 e. The zero-order valence-corrected chi connectivity index (χ0v) is 15.1. The van der Waals surface area contributed by atoms with Gasteiger partial charge < -0.3 is 5.11 Å². The van der Waals surface area contributed by atoms with Crippen LogP contribution in [0.25, 0.3) is 0 Å². The van der Waals surface area contributed by atoms with Crippen molar-refractivity contribution in [2.75, 3.05) is 6.54 Å². The molecule has 0 aromatic carbocycles. The molecule has 1 aliphatic heterocycles. The van der Waals surface area contributed by atoms with Gasteiger partial charge in [-0.25, -0.2) is 4.68 Å². The monoisotopic (exact) mass is 332 g/mol. The molecule has 2 aromatic rings. The van der Waals surface area contributed by atoms with Crippen LogP contribution in [0.5, 0.6) is 0 Å². The average Bonchev–Trinajstić information content (AvgIpc) is 3.21. The molecule has 3 heterocycles. The molecule has 0 bridgehead atoms. The zero-order valence-electron chi connectivity index (χ0n) is 15.1. The van der Waals surface area contributed by atoms with E-state index in [1.807, 2.05) is 24.1 Å². The third-order valence-corrected chi connectivity index (χ3v) is 4.70. The quantitative estimate of drug-likeness (QED) is 0.905. The van der Waals surface area contributed by atoms with Gasteiger partial charge in [-0.1, -0.05) is 5.21 Å². The van der Waals surface area contributed by atoms with Crippen molar-refractivity contribution in [2.24, 2.45) is 7.05 Å². The number of hydrogen-bond donors (Lipinski definition) is 1. The Morgan fingerprint density at radius 3 is 2.75 bits per heavy atom. The molecule has 1 aliphatic rings. The largest absolute Gasteiger partial charge is 0.388 e. The van der Waals surface area contributed by atoms with Crippen LogP contribution < -0.4 is 0 Å². The number of aliphatic hydroxyl groups excluding tert-OH is 1. The van der Waals surface area contributed by atoms with E-state index in [-0.39, 0.29) is 5.54 Å². The first kappa shape index (κ1) is 17.1. The van der Waals surface area contributed by atoms with Crippen molar-refractivity contribution in [3.05, 3.63) is 29.8 Å². The van der Waals surface area contributed by atoms with E-state index in [1.165, 1.54) is 0 Å². The second-order valence-electron chi connectivity index (χ2n) is 7.79. The van der Waals surface area contributed by atoms with Crippen LogP contribution in [0, 0.1) is 0 Å². The fourth-order valence-corrected chi connectivity index (χ4v) is 3.28. The zero-order chi connectivity index (χ0) is 17.3. The predicted molar refractivity (Wildman–Crippen MR) is 91.2 cm³/mol. The molecular formula is C17H28N6O. The second-order valence-corrected chi connectivity index (χ2v) is 7.79. The van der Waals surface area contributed by atoms with Crippen molar-refractivity contribution in [2.45, 2.75) is 64.3 Å².